The molecule has 3 N–H and O–H groups in total. The number of nitrogens with one attached hydrogen (secondary N) is 1. The van der Waals surface area contributed by atoms with E-state index >= 15 is 0 Å². The zero-order chi connectivity index (χ0) is 14.6. The van der Waals surface area contributed by atoms with Gasteiger partial charge in [-0.1, -0.05) is 0 Å². The van der Waals surface area contributed by atoms with Crippen molar-refractivity contribution in [2.24, 2.45) is 0 Å². The minimum atomic E-state index is -3.80. The van der Waals surface area contributed by atoms with E-state index in [0.717, 1.165) is 6.07 Å². The van der Waals surface area contributed by atoms with E-state index in [0.29, 0.717) is 12.2 Å². The van der Waals surface area contributed by atoms with Crippen molar-refractivity contribution in [2.75, 3.05) is 24.3 Å². The summed E-state index contributed by atoms with van der Waals surface area (Å²) in [5, 5.41) is 0. The van der Waals surface area contributed by atoms with Crippen LogP contribution in [0.1, 0.15) is 12.0 Å². The van der Waals surface area contributed by atoms with Crippen LogP contribution in [0.5, 0.6) is 0 Å². The zero-order valence-electron chi connectivity index (χ0n) is 10.8. The lowest BCUT2D eigenvalue weighted by molar-refractivity contribution is 0.574. The predicted octanol–water partition coefficient (Wildman–Crippen LogP) is 0.763. The molecule has 0 aliphatic heterocycles. The van der Waals surface area contributed by atoms with E-state index in [9.17, 15) is 17.0 Å². The lowest BCUT2D eigenvalue weighted by Gasteiger charge is -2.10. The van der Waals surface area contributed by atoms with Gasteiger partial charge in [0.1, 0.15) is 5.82 Å². The SMILES string of the molecule is Cc1c(F)cc(N)cc1S(=O)(=O)NCCCS(C)=O. The topological polar surface area (TPSA) is 89.3 Å². The quantitative estimate of drug-likeness (QED) is 0.600. The summed E-state index contributed by atoms with van der Waals surface area (Å²) in [5.41, 5.74) is 5.53. The monoisotopic (exact) mass is 308 g/mol. The fourth-order valence-corrected chi connectivity index (χ4v) is 3.42. The Morgan fingerprint density at radius 3 is 2.63 bits per heavy atom. The van der Waals surface area contributed by atoms with Gasteiger partial charge in [0.05, 0.1) is 4.90 Å². The Bertz CT molecular complexity index is 588. The number of hydrogen-bond donors (Lipinski definition) is 2. The summed E-state index contributed by atoms with van der Waals surface area (Å²) in [7, 11) is -4.77. The summed E-state index contributed by atoms with van der Waals surface area (Å²) >= 11 is 0. The molecule has 1 unspecified atom stereocenters. The van der Waals surface area contributed by atoms with Crippen molar-refractivity contribution in [3.05, 3.63) is 23.5 Å². The van der Waals surface area contributed by atoms with Crippen LogP contribution < -0.4 is 10.5 Å². The second kappa shape index (κ2) is 6.44. The second-order valence-electron chi connectivity index (χ2n) is 4.15. The molecule has 0 aliphatic carbocycles. The van der Waals surface area contributed by atoms with Gasteiger partial charge in [0.15, 0.2) is 0 Å². The Morgan fingerprint density at radius 1 is 1.42 bits per heavy atom. The van der Waals surface area contributed by atoms with Crippen molar-refractivity contribution in [1.29, 1.82) is 0 Å². The molecule has 0 bridgehead atoms. The third kappa shape index (κ3) is 4.55. The van der Waals surface area contributed by atoms with Gasteiger partial charge < -0.3 is 5.73 Å². The van der Waals surface area contributed by atoms with Crippen LogP contribution >= 0.6 is 0 Å². The maximum absolute atomic E-state index is 13.5. The van der Waals surface area contributed by atoms with E-state index in [1.165, 1.54) is 13.0 Å². The van der Waals surface area contributed by atoms with Crippen LogP contribution in [-0.4, -0.2) is 31.2 Å². The van der Waals surface area contributed by atoms with E-state index < -0.39 is 26.6 Å². The summed E-state index contributed by atoms with van der Waals surface area (Å²) in [5.74, 6) is -0.248. The maximum atomic E-state index is 13.5. The third-order valence-corrected chi connectivity index (χ3v) is 4.96. The molecule has 0 radical (unpaired) electrons. The number of anilines is 1. The minimum absolute atomic E-state index is 0.0285. The zero-order valence-corrected chi connectivity index (χ0v) is 12.4. The molecule has 0 saturated carbocycles. The Hall–Kier alpha value is -0.990. The van der Waals surface area contributed by atoms with Crippen molar-refractivity contribution in [3.63, 3.8) is 0 Å². The van der Waals surface area contributed by atoms with Crippen molar-refractivity contribution in [3.8, 4) is 0 Å². The number of hydrogen-bond acceptors (Lipinski definition) is 4. The molecule has 108 valence electrons. The van der Waals surface area contributed by atoms with Crippen LogP contribution in [0.3, 0.4) is 0 Å². The summed E-state index contributed by atoms with van der Waals surface area (Å²) in [6.45, 7) is 1.53. The third-order valence-electron chi connectivity index (χ3n) is 2.51. The average Bonchev–Trinajstić information content (AvgIpc) is 2.29. The van der Waals surface area contributed by atoms with Crippen LogP contribution in [0, 0.1) is 12.7 Å². The summed E-state index contributed by atoms with van der Waals surface area (Å²) in [6, 6.07) is 2.30. The van der Waals surface area contributed by atoms with Gasteiger partial charge in [0.2, 0.25) is 10.0 Å². The fourth-order valence-electron chi connectivity index (χ4n) is 1.51. The lowest BCUT2D eigenvalue weighted by Crippen LogP contribution is -2.26. The molecule has 0 aliphatic rings. The van der Waals surface area contributed by atoms with Crippen LogP contribution in [0.2, 0.25) is 0 Å². The van der Waals surface area contributed by atoms with Gasteiger partial charge in [-0.15, -0.1) is 0 Å². The van der Waals surface area contributed by atoms with Gasteiger partial charge in [-0.25, -0.2) is 17.5 Å². The number of halogens is 1. The Morgan fingerprint density at radius 2 is 2.05 bits per heavy atom. The van der Waals surface area contributed by atoms with Gasteiger partial charge in [-0.3, -0.25) is 4.21 Å². The number of benzene rings is 1. The smallest absolute Gasteiger partial charge is 0.241 e. The largest absolute Gasteiger partial charge is 0.399 e. The fraction of sp³-hybridized carbons (Fsp3) is 0.455. The second-order valence-corrected chi connectivity index (χ2v) is 7.44. The van der Waals surface area contributed by atoms with Crippen LogP contribution in [0.15, 0.2) is 17.0 Å². The Labute approximate surface area is 114 Å². The predicted molar refractivity (Wildman–Crippen MR) is 74.3 cm³/mol. The molecule has 0 fully saturated rings. The van der Waals surface area contributed by atoms with Gasteiger partial charge in [-0.2, -0.15) is 0 Å². The highest BCUT2D eigenvalue weighted by Gasteiger charge is 2.19. The van der Waals surface area contributed by atoms with Gasteiger partial charge >= 0.3 is 0 Å². The standard InChI is InChI=1S/C11H17FN2O3S2/c1-8-10(12)6-9(13)7-11(8)19(16,17)14-4-3-5-18(2)15/h6-7,14H,3-5,13H2,1-2H3. The molecule has 5 nitrogen and oxygen atoms in total. The van der Waals surface area contributed by atoms with Gasteiger partial charge in [0, 0.05) is 40.6 Å². The van der Waals surface area contributed by atoms with Crippen LogP contribution in [0.4, 0.5) is 10.1 Å². The molecule has 8 heteroatoms. The van der Waals surface area contributed by atoms with E-state index in [1.54, 1.807) is 6.26 Å². The molecular formula is C11H17FN2O3S2. The highest BCUT2D eigenvalue weighted by molar-refractivity contribution is 7.89. The first-order chi connectivity index (χ1) is 8.74. The normalized spacial score (nSPS) is 13.4. The summed E-state index contributed by atoms with van der Waals surface area (Å²) in [4.78, 5) is -0.164. The van der Waals surface area contributed by atoms with Crippen LogP contribution in [-0.2, 0) is 20.8 Å². The molecule has 0 aromatic heterocycles. The molecule has 1 rings (SSSR count). The first kappa shape index (κ1) is 16.1. The van der Waals surface area contributed by atoms with Crippen molar-refractivity contribution >= 4 is 26.5 Å². The van der Waals surface area contributed by atoms with E-state index in [-0.39, 0.29) is 22.7 Å². The molecule has 1 aromatic carbocycles. The Kier molecular flexibility index (Phi) is 5.45. The molecule has 0 amide bonds. The van der Waals surface area contributed by atoms with Crippen LogP contribution in [0.25, 0.3) is 0 Å². The van der Waals surface area contributed by atoms with Crippen molar-refractivity contribution in [2.45, 2.75) is 18.2 Å². The van der Waals surface area contributed by atoms with E-state index in [2.05, 4.69) is 4.72 Å². The summed E-state index contributed by atoms with van der Waals surface area (Å²) in [6.07, 6.45) is 2.00. The first-order valence-corrected chi connectivity index (χ1v) is 8.80. The number of nitrogens with two attached hydrogens (primary N) is 1. The Balaban J connectivity index is 2.86. The molecular weight excluding hydrogens is 291 g/mol. The molecule has 1 aromatic rings. The average molecular weight is 308 g/mol. The maximum Gasteiger partial charge on any atom is 0.241 e. The first-order valence-electron chi connectivity index (χ1n) is 5.59. The van der Waals surface area contributed by atoms with Crippen molar-refractivity contribution in [1.82, 2.24) is 4.72 Å². The van der Waals surface area contributed by atoms with Gasteiger partial charge in [0.25, 0.3) is 0 Å². The minimum Gasteiger partial charge on any atom is -0.399 e. The number of rotatable bonds is 6. The molecule has 1 atom stereocenters. The van der Waals surface area contributed by atoms with E-state index in [1.807, 2.05) is 0 Å². The summed E-state index contributed by atoms with van der Waals surface area (Å²) < 4.78 is 50.6. The van der Waals surface area contributed by atoms with E-state index in [4.69, 9.17) is 5.73 Å². The highest BCUT2D eigenvalue weighted by Crippen LogP contribution is 2.21. The molecule has 0 saturated heterocycles. The molecule has 19 heavy (non-hydrogen) atoms. The highest BCUT2D eigenvalue weighted by atomic mass is 32.2. The van der Waals surface area contributed by atoms with Gasteiger partial charge in [-0.05, 0) is 25.5 Å². The lowest BCUT2D eigenvalue weighted by atomic mass is 10.2. The number of nitrogen functional groups attached to an aromatic ring is 1. The molecule has 0 spiro atoms. The molecule has 0 heterocycles. The number of sulfonamides is 1. The van der Waals surface area contributed by atoms with Crippen molar-refractivity contribution < 1.29 is 17.0 Å².